The molecule has 18 heavy (non-hydrogen) atoms. The van der Waals surface area contributed by atoms with Crippen molar-refractivity contribution in [3.05, 3.63) is 12.4 Å². The van der Waals surface area contributed by atoms with E-state index in [1.54, 1.807) is 0 Å². The Morgan fingerprint density at radius 1 is 1.22 bits per heavy atom. The van der Waals surface area contributed by atoms with Gasteiger partial charge in [0.25, 0.3) is 0 Å². The highest BCUT2D eigenvalue weighted by Gasteiger charge is 2.28. The van der Waals surface area contributed by atoms with E-state index in [0.717, 1.165) is 17.8 Å². The molecule has 0 saturated heterocycles. The highest BCUT2D eigenvalue weighted by Crippen LogP contribution is 2.32. The van der Waals surface area contributed by atoms with E-state index in [0.29, 0.717) is 12.1 Å². The summed E-state index contributed by atoms with van der Waals surface area (Å²) in [6, 6.07) is 1.06. The van der Waals surface area contributed by atoms with E-state index in [1.807, 2.05) is 6.20 Å². The van der Waals surface area contributed by atoms with Crippen LogP contribution in [0.25, 0.3) is 0 Å². The molecule has 2 rings (SSSR count). The maximum Gasteiger partial charge on any atom is 0.203 e. The number of anilines is 1. The van der Waals surface area contributed by atoms with Gasteiger partial charge < -0.3 is 9.88 Å². The van der Waals surface area contributed by atoms with Crippen LogP contribution in [0.2, 0.25) is 0 Å². The summed E-state index contributed by atoms with van der Waals surface area (Å²) >= 11 is 0. The molecule has 0 aliphatic heterocycles. The van der Waals surface area contributed by atoms with Crippen LogP contribution in [0.15, 0.2) is 12.4 Å². The summed E-state index contributed by atoms with van der Waals surface area (Å²) in [6.45, 7) is 9.10. The van der Waals surface area contributed by atoms with E-state index in [2.05, 4.69) is 48.8 Å². The average molecular weight is 249 g/mol. The van der Waals surface area contributed by atoms with Gasteiger partial charge in [-0.2, -0.15) is 0 Å². The van der Waals surface area contributed by atoms with Crippen molar-refractivity contribution in [3.8, 4) is 0 Å². The number of imidazole rings is 1. The van der Waals surface area contributed by atoms with Gasteiger partial charge in [0, 0.05) is 24.5 Å². The Morgan fingerprint density at radius 2 is 1.94 bits per heavy atom. The summed E-state index contributed by atoms with van der Waals surface area (Å²) in [5.74, 6) is 2.59. The minimum atomic E-state index is 0.469. The minimum absolute atomic E-state index is 0.469. The Labute approximate surface area is 111 Å². The molecule has 3 heteroatoms. The zero-order valence-electron chi connectivity index (χ0n) is 12.2. The molecule has 1 aliphatic rings. The summed E-state index contributed by atoms with van der Waals surface area (Å²) in [5, 5.41) is 3.69. The standard InChI is InChI=1S/C15H27N3/c1-11(2)13-7-5-6-8-14(13)17-15-16-9-10-18(15)12(3)4/h9-14H,5-8H2,1-4H3,(H,16,17). The topological polar surface area (TPSA) is 29.9 Å². The van der Waals surface area contributed by atoms with Crippen molar-refractivity contribution in [2.24, 2.45) is 11.8 Å². The van der Waals surface area contributed by atoms with E-state index in [9.17, 15) is 0 Å². The predicted molar refractivity (Wildman–Crippen MR) is 76.8 cm³/mol. The quantitative estimate of drug-likeness (QED) is 0.871. The molecular weight excluding hydrogens is 222 g/mol. The predicted octanol–water partition coefficient (Wildman–Crippen LogP) is 4.09. The van der Waals surface area contributed by atoms with Crippen LogP contribution in [-0.2, 0) is 0 Å². The van der Waals surface area contributed by atoms with E-state index >= 15 is 0 Å². The lowest BCUT2D eigenvalue weighted by molar-refractivity contribution is 0.252. The van der Waals surface area contributed by atoms with Gasteiger partial charge in [-0.25, -0.2) is 4.98 Å². The van der Waals surface area contributed by atoms with Crippen LogP contribution in [0.3, 0.4) is 0 Å². The SMILES string of the molecule is CC(C)C1CCCCC1Nc1nccn1C(C)C. The lowest BCUT2D eigenvalue weighted by Gasteiger charge is -2.35. The highest BCUT2D eigenvalue weighted by molar-refractivity contribution is 5.29. The van der Waals surface area contributed by atoms with E-state index in [-0.39, 0.29) is 0 Å². The van der Waals surface area contributed by atoms with Gasteiger partial charge in [-0.05, 0) is 38.5 Å². The number of hydrogen-bond donors (Lipinski definition) is 1. The first kappa shape index (κ1) is 13.4. The van der Waals surface area contributed by atoms with Crippen molar-refractivity contribution >= 4 is 5.95 Å². The van der Waals surface area contributed by atoms with Crippen LogP contribution >= 0.6 is 0 Å². The second kappa shape index (κ2) is 5.77. The van der Waals surface area contributed by atoms with Gasteiger partial charge in [-0.3, -0.25) is 0 Å². The van der Waals surface area contributed by atoms with Gasteiger partial charge in [-0.15, -0.1) is 0 Å². The van der Waals surface area contributed by atoms with Crippen molar-refractivity contribution in [1.82, 2.24) is 9.55 Å². The first-order chi connectivity index (χ1) is 8.59. The van der Waals surface area contributed by atoms with Crippen LogP contribution in [0.5, 0.6) is 0 Å². The van der Waals surface area contributed by atoms with Gasteiger partial charge >= 0.3 is 0 Å². The van der Waals surface area contributed by atoms with Gasteiger partial charge in [0.05, 0.1) is 0 Å². The van der Waals surface area contributed by atoms with Crippen LogP contribution in [0.4, 0.5) is 5.95 Å². The third-order valence-corrected chi connectivity index (χ3v) is 4.22. The summed E-state index contributed by atoms with van der Waals surface area (Å²) in [6.07, 6.45) is 9.35. The molecule has 0 aromatic carbocycles. The van der Waals surface area contributed by atoms with E-state index < -0.39 is 0 Å². The molecule has 1 saturated carbocycles. The second-order valence-electron chi connectivity index (χ2n) is 6.20. The van der Waals surface area contributed by atoms with Gasteiger partial charge in [0.1, 0.15) is 0 Å². The Kier molecular flexibility index (Phi) is 4.31. The molecule has 0 spiro atoms. The fraction of sp³-hybridized carbons (Fsp3) is 0.800. The Bertz CT molecular complexity index is 368. The molecule has 2 unspecified atom stereocenters. The Morgan fingerprint density at radius 3 is 2.61 bits per heavy atom. The normalized spacial score (nSPS) is 24.8. The smallest absolute Gasteiger partial charge is 0.203 e. The summed E-state index contributed by atoms with van der Waals surface area (Å²) in [7, 11) is 0. The van der Waals surface area contributed by atoms with Gasteiger partial charge in [0.2, 0.25) is 5.95 Å². The molecule has 0 bridgehead atoms. The molecular formula is C15H27N3. The fourth-order valence-corrected chi connectivity index (χ4v) is 3.14. The van der Waals surface area contributed by atoms with Crippen LogP contribution in [0, 0.1) is 11.8 Å². The molecule has 1 aliphatic carbocycles. The monoisotopic (exact) mass is 249 g/mol. The molecule has 0 amide bonds. The minimum Gasteiger partial charge on any atom is -0.353 e. The van der Waals surface area contributed by atoms with Crippen molar-refractivity contribution in [2.45, 2.75) is 65.5 Å². The first-order valence-corrected chi connectivity index (χ1v) is 7.39. The highest BCUT2D eigenvalue weighted by atomic mass is 15.2. The maximum absolute atomic E-state index is 4.48. The third-order valence-electron chi connectivity index (χ3n) is 4.22. The van der Waals surface area contributed by atoms with E-state index in [4.69, 9.17) is 0 Å². The fourth-order valence-electron chi connectivity index (χ4n) is 3.14. The zero-order valence-corrected chi connectivity index (χ0v) is 12.2. The molecule has 1 heterocycles. The number of nitrogens with one attached hydrogen (secondary N) is 1. The largest absolute Gasteiger partial charge is 0.353 e. The summed E-state index contributed by atoms with van der Waals surface area (Å²) in [4.78, 5) is 4.48. The Hall–Kier alpha value is -0.990. The van der Waals surface area contributed by atoms with Crippen molar-refractivity contribution in [3.63, 3.8) is 0 Å². The molecule has 3 nitrogen and oxygen atoms in total. The lowest BCUT2D eigenvalue weighted by Crippen LogP contribution is -2.36. The van der Waals surface area contributed by atoms with Gasteiger partial charge in [-0.1, -0.05) is 26.7 Å². The number of hydrogen-bond acceptors (Lipinski definition) is 2. The number of rotatable bonds is 4. The molecule has 0 radical (unpaired) electrons. The molecule has 102 valence electrons. The second-order valence-corrected chi connectivity index (χ2v) is 6.20. The average Bonchev–Trinajstić information content (AvgIpc) is 2.77. The van der Waals surface area contributed by atoms with Gasteiger partial charge in [0.15, 0.2) is 0 Å². The molecule has 1 fully saturated rings. The molecule has 1 aromatic heterocycles. The third kappa shape index (κ3) is 2.88. The van der Waals surface area contributed by atoms with Crippen molar-refractivity contribution in [2.75, 3.05) is 5.32 Å². The summed E-state index contributed by atoms with van der Waals surface area (Å²) < 4.78 is 2.23. The number of nitrogens with zero attached hydrogens (tertiary/aromatic N) is 2. The Balaban J connectivity index is 2.08. The summed E-state index contributed by atoms with van der Waals surface area (Å²) in [5.41, 5.74) is 0. The van der Waals surface area contributed by atoms with Crippen LogP contribution < -0.4 is 5.32 Å². The van der Waals surface area contributed by atoms with Crippen LogP contribution in [-0.4, -0.2) is 15.6 Å². The van der Waals surface area contributed by atoms with Crippen molar-refractivity contribution in [1.29, 1.82) is 0 Å². The molecule has 1 aromatic rings. The maximum atomic E-state index is 4.48. The number of aromatic nitrogens is 2. The zero-order chi connectivity index (χ0) is 13.1. The van der Waals surface area contributed by atoms with E-state index in [1.165, 1.54) is 25.7 Å². The van der Waals surface area contributed by atoms with Crippen molar-refractivity contribution < 1.29 is 0 Å². The molecule has 1 N–H and O–H groups in total. The van der Waals surface area contributed by atoms with Crippen LogP contribution in [0.1, 0.15) is 59.4 Å². The first-order valence-electron chi connectivity index (χ1n) is 7.39. The molecule has 2 atom stereocenters. The lowest BCUT2D eigenvalue weighted by atomic mass is 9.78.